The lowest BCUT2D eigenvalue weighted by Gasteiger charge is -2.14. The van der Waals surface area contributed by atoms with Crippen LogP contribution >= 0.6 is 0 Å². The van der Waals surface area contributed by atoms with Gasteiger partial charge in [0.05, 0.1) is 0 Å². The SMILES string of the molecule is NC1CC(NCc2cc(F)ccc2F)c2ccccc21. The topological polar surface area (TPSA) is 38.0 Å². The van der Waals surface area contributed by atoms with Gasteiger partial charge in [0, 0.05) is 24.2 Å². The molecule has 0 fully saturated rings. The molecule has 1 aliphatic carbocycles. The summed E-state index contributed by atoms with van der Waals surface area (Å²) in [5.41, 5.74) is 8.70. The summed E-state index contributed by atoms with van der Waals surface area (Å²) < 4.78 is 26.7. The molecule has 0 saturated heterocycles. The van der Waals surface area contributed by atoms with E-state index in [0.717, 1.165) is 29.7 Å². The minimum Gasteiger partial charge on any atom is -0.324 e. The predicted octanol–water partition coefficient (Wildman–Crippen LogP) is 3.20. The van der Waals surface area contributed by atoms with Gasteiger partial charge in [0.2, 0.25) is 0 Å². The number of hydrogen-bond acceptors (Lipinski definition) is 2. The lowest BCUT2D eigenvalue weighted by molar-refractivity contribution is 0.485. The summed E-state index contributed by atoms with van der Waals surface area (Å²) in [5.74, 6) is -0.818. The first-order valence-electron chi connectivity index (χ1n) is 6.67. The van der Waals surface area contributed by atoms with Gasteiger partial charge in [-0.2, -0.15) is 0 Å². The fraction of sp³-hybridized carbons (Fsp3) is 0.250. The summed E-state index contributed by atoms with van der Waals surface area (Å²) >= 11 is 0. The third kappa shape index (κ3) is 2.44. The van der Waals surface area contributed by atoms with E-state index in [4.69, 9.17) is 5.73 Å². The van der Waals surface area contributed by atoms with Crippen LogP contribution in [0.5, 0.6) is 0 Å². The monoisotopic (exact) mass is 274 g/mol. The number of halogens is 2. The van der Waals surface area contributed by atoms with Crippen LogP contribution in [-0.4, -0.2) is 0 Å². The molecule has 0 aliphatic heterocycles. The Labute approximate surface area is 116 Å². The van der Waals surface area contributed by atoms with E-state index >= 15 is 0 Å². The van der Waals surface area contributed by atoms with Crippen molar-refractivity contribution in [2.24, 2.45) is 5.73 Å². The highest BCUT2D eigenvalue weighted by Crippen LogP contribution is 2.37. The van der Waals surface area contributed by atoms with Crippen LogP contribution in [0.4, 0.5) is 8.78 Å². The van der Waals surface area contributed by atoms with Crippen molar-refractivity contribution in [2.75, 3.05) is 0 Å². The van der Waals surface area contributed by atoms with Gasteiger partial charge in [-0.1, -0.05) is 24.3 Å². The highest BCUT2D eigenvalue weighted by Gasteiger charge is 2.27. The highest BCUT2D eigenvalue weighted by molar-refractivity contribution is 5.37. The van der Waals surface area contributed by atoms with Crippen LogP contribution in [0.15, 0.2) is 42.5 Å². The standard InChI is InChI=1S/C16H16F2N2/c17-11-5-6-14(18)10(7-11)9-20-16-8-15(19)12-3-1-2-4-13(12)16/h1-7,15-16,20H,8-9,19H2. The van der Waals surface area contributed by atoms with E-state index in [2.05, 4.69) is 5.32 Å². The van der Waals surface area contributed by atoms with Crippen molar-refractivity contribution in [3.8, 4) is 0 Å². The third-order valence-corrected chi connectivity index (χ3v) is 3.81. The predicted molar refractivity (Wildman–Crippen MR) is 73.9 cm³/mol. The van der Waals surface area contributed by atoms with Crippen molar-refractivity contribution in [1.29, 1.82) is 0 Å². The zero-order chi connectivity index (χ0) is 14.1. The first-order valence-corrected chi connectivity index (χ1v) is 6.67. The zero-order valence-corrected chi connectivity index (χ0v) is 10.9. The average molecular weight is 274 g/mol. The van der Waals surface area contributed by atoms with Crippen molar-refractivity contribution in [1.82, 2.24) is 5.32 Å². The number of nitrogens with one attached hydrogen (secondary N) is 1. The van der Waals surface area contributed by atoms with Crippen molar-refractivity contribution in [3.05, 3.63) is 70.8 Å². The molecule has 2 nitrogen and oxygen atoms in total. The molecule has 0 saturated carbocycles. The molecular weight excluding hydrogens is 258 g/mol. The summed E-state index contributed by atoms with van der Waals surface area (Å²) in [7, 11) is 0. The van der Waals surface area contributed by atoms with Crippen LogP contribution in [0.3, 0.4) is 0 Å². The molecule has 0 bridgehead atoms. The van der Waals surface area contributed by atoms with Crippen LogP contribution in [0, 0.1) is 11.6 Å². The number of hydrogen-bond donors (Lipinski definition) is 2. The van der Waals surface area contributed by atoms with Crippen molar-refractivity contribution in [3.63, 3.8) is 0 Å². The largest absolute Gasteiger partial charge is 0.324 e. The quantitative estimate of drug-likeness (QED) is 0.902. The molecule has 2 aromatic rings. The van der Waals surface area contributed by atoms with Crippen LogP contribution in [0.25, 0.3) is 0 Å². The molecule has 20 heavy (non-hydrogen) atoms. The smallest absolute Gasteiger partial charge is 0.127 e. The molecule has 0 radical (unpaired) electrons. The van der Waals surface area contributed by atoms with Gasteiger partial charge in [0.15, 0.2) is 0 Å². The molecule has 0 amide bonds. The number of fused-ring (bicyclic) bond motifs is 1. The Morgan fingerprint density at radius 2 is 1.85 bits per heavy atom. The Bertz CT molecular complexity index is 628. The average Bonchev–Trinajstić information content (AvgIpc) is 2.77. The Morgan fingerprint density at radius 3 is 2.65 bits per heavy atom. The lowest BCUT2D eigenvalue weighted by atomic mass is 10.1. The van der Waals surface area contributed by atoms with Gasteiger partial charge in [-0.05, 0) is 35.7 Å². The van der Waals surface area contributed by atoms with Gasteiger partial charge < -0.3 is 11.1 Å². The second-order valence-electron chi connectivity index (χ2n) is 5.14. The van der Waals surface area contributed by atoms with E-state index in [1.807, 2.05) is 24.3 Å². The second kappa shape index (κ2) is 5.31. The van der Waals surface area contributed by atoms with Gasteiger partial charge in [-0.3, -0.25) is 0 Å². The van der Waals surface area contributed by atoms with E-state index in [9.17, 15) is 8.78 Å². The second-order valence-corrected chi connectivity index (χ2v) is 5.14. The molecule has 2 aromatic carbocycles. The molecule has 2 unspecified atom stereocenters. The van der Waals surface area contributed by atoms with E-state index < -0.39 is 11.6 Å². The maximum Gasteiger partial charge on any atom is 0.127 e. The Hall–Kier alpha value is -1.78. The fourth-order valence-corrected chi connectivity index (χ4v) is 2.78. The van der Waals surface area contributed by atoms with E-state index in [1.165, 1.54) is 6.07 Å². The van der Waals surface area contributed by atoms with E-state index in [1.54, 1.807) is 0 Å². The molecule has 104 valence electrons. The molecule has 4 heteroatoms. The molecule has 3 rings (SSSR count). The lowest BCUT2D eigenvalue weighted by Crippen LogP contribution is -2.20. The third-order valence-electron chi connectivity index (χ3n) is 3.81. The van der Waals surface area contributed by atoms with Crippen LogP contribution in [0.1, 0.15) is 35.2 Å². The van der Waals surface area contributed by atoms with Crippen LogP contribution in [0.2, 0.25) is 0 Å². The first-order chi connectivity index (χ1) is 9.65. The summed E-state index contributed by atoms with van der Waals surface area (Å²) in [6, 6.07) is 11.6. The van der Waals surface area contributed by atoms with Gasteiger partial charge in [0.25, 0.3) is 0 Å². The summed E-state index contributed by atoms with van der Waals surface area (Å²) in [6.45, 7) is 0.287. The van der Waals surface area contributed by atoms with Crippen LogP contribution in [-0.2, 0) is 6.54 Å². The molecular formula is C16H16F2N2. The van der Waals surface area contributed by atoms with Gasteiger partial charge >= 0.3 is 0 Å². The Kier molecular flexibility index (Phi) is 3.51. The van der Waals surface area contributed by atoms with Gasteiger partial charge in [-0.25, -0.2) is 8.78 Å². The minimum absolute atomic E-state index is 0.000978. The first kappa shape index (κ1) is 13.2. The Morgan fingerprint density at radius 1 is 1.10 bits per heavy atom. The Balaban J connectivity index is 1.75. The van der Waals surface area contributed by atoms with Gasteiger partial charge in [0.1, 0.15) is 11.6 Å². The highest BCUT2D eigenvalue weighted by atomic mass is 19.1. The van der Waals surface area contributed by atoms with E-state index in [-0.39, 0.29) is 18.6 Å². The fourth-order valence-electron chi connectivity index (χ4n) is 2.78. The molecule has 3 N–H and O–H groups in total. The van der Waals surface area contributed by atoms with Crippen molar-refractivity contribution in [2.45, 2.75) is 25.0 Å². The summed E-state index contributed by atoms with van der Waals surface area (Å²) in [6.07, 6.45) is 0.774. The molecule has 0 spiro atoms. The maximum atomic E-state index is 13.6. The van der Waals surface area contributed by atoms with Crippen molar-refractivity contribution >= 4 is 0 Å². The summed E-state index contributed by atoms with van der Waals surface area (Å²) in [5, 5.41) is 3.27. The summed E-state index contributed by atoms with van der Waals surface area (Å²) in [4.78, 5) is 0. The van der Waals surface area contributed by atoms with E-state index in [0.29, 0.717) is 5.56 Å². The zero-order valence-electron chi connectivity index (χ0n) is 10.9. The van der Waals surface area contributed by atoms with Crippen LogP contribution < -0.4 is 11.1 Å². The molecule has 0 heterocycles. The van der Waals surface area contributed by atoms with Gasteiger partial charge in [-0.15, -0.1) is 0 Å². The minimum atomic E-state index is -0.424. The van der Waals surface area contributed by atoms with Crippen molar-refractivity contribution < 1.29 is 8.78 Å². The maximum absolute atomic E-state index is 13.6. The molecule has 2 atom stereocenters. The normalized spacial score (nSPS) is 20.9. The molecule has 0 aromatic heterocycles. The number of benzene rings is 2. The number of nitrogens with two attached hydrogens (primary N) is 1. The number of rotatable bonds is 3. The molecule has 1 aliphatic rings.